The lowest BCUT2D eigenvalue weighted by Gasteiger charge is -2.37. The summed E-state index contributed by atoms with van der Waals surface area (Å²) in [6.07, 6.45) is 9.27. The highest BCUT2D eigenvalue weighted by Crippen LogP contribution is 2.27. The molecule has 7 heteroatoms. The third-order valence-corrected chi connectivity index (χ3v) is 5.13. The van der Waals surface area contributed by atoms with Gasteiger partial charge in [0, 0.05) is 57.5 Å². The van der Waals surface area contributed by atoms with Crippen molar-refractivity contribution in [3.05, 3.63) is 78.6 Å². The Morgan fingerprint density at radius 3 is 2.48 bits per heavy atom. The molecule has 1 fully saturated rings. The Balaban J connectivity index is 1.35. The number of pyridine rings is 1. The highest BCUT2D eigenvalue weighted by Gasteiger charge is 2.20. The van der Waals surface area contributed by atoms with Gasteiger partial charge in [-0.1, -0.05) is 12.1 Å². The number of carbonyl (C=O) groups excluding carboxylic acids is 1. The first-order valence-corrected chi connectivity index (χ1v) is 9.82. The quantitative estimate of drug-likeness (QED) is 0.699. The number of hydrogen-bond acceptors (Lipinski definition) is 6. The molecule has 7 nitrogen and oxygen atoms in total. The SMILES string of the molecule is O=C(Nc1ccccc1N1CCN(CCc2ccncc2)CC1)c1cnccn1. The minimum absolute atomic E-state index is 0.249. The number of rotatable bonds is 6. The van der Waals surface area contributed by atoms with Gasteiger partial charge in [-0.05, 0) is 36.2 Å². The molecule has 148 valence electrons. The lowest BCUT2D eigenvalue weighted by Crippen LogP contribution is -2.47. The van der Waals surface area contributed by atoms with Crippen LogP contribution in [0.4, 0.5) is 11.4 Å². The number of nitrogens with zero attached hydrogens (tertiary/aromatic N) is 5. The molecule has 1 aromatic carbocycles. The lowest BCUT2D eigenvalue weighted by molar-refractivity contribution is 0.102. The Morgan fingerprint density at radius 1 is 0.931 bits per heavy atom. The van der Waals surface area contributed by atoms with Gasteiger partial charge in [-0.25, -0.2) is 4.98 Å². The largest absolute Gasteiger partial charge is 0.367 e. The van der Waals surface area contributed by atoms with Crippen LogP contribution in [0.15, 0.2) is 67.4 Å². The molecule has 0 spiro atoms. The lowest BCUT2D eigenvalue weighted by atomic mass is 10.1. The third kappa shape index (κ3) is 4.94. The predicted molar refractivity (Wildman–Crippen MR) is 113 cm³/mol. The maximum absolute atomic E-state index is 12.5. The molecule has 1 amide bonds. The molecule has 1 N–H and O–H groups in total. The highest BCUT2D eigenvalue weighted by molar-refractivity contribution is 6.04. The zero-order valence-corrected chi connectivity index (χ0v) is 16.2. The topological polar surface area (TPSA) is 74.2 Å². The number of nitrogens with one attached hydrogen (secondary N) is 1. The van der Waals surface area contributed by atoms with Crippen molar-refractivity contribution in [2.45, 2.75) is 6.42 Å². The first-order chi connectivity index (χ1) is 14.3. The first kappa shape index (κ1) is 19.0. The number of carbonyl (C=O) groups is 1. The number of amides is 1. The van der Waals surface area contributed by atoms with Gasteiger partial charge < -0.3 is 10.2 Å². The smallest absolute Gasteiger partial charge is 0.275 e. The van der Waals surface area contributed by atoms with Crippen molar-refractivity contribution in [3.63, 3.8) is 0 Å². The van der Waals surface area contributed by atoms with E-state index in [0.717, 1.165) is 50.5 Å². The fourth-order valence-corrected chi connectivity index (χ4v) is 3.51. The Labute approximate surface area is 170 Å². The van der Waals surface area contributed by atoms with Crippen molar-refractivity contribution in [2.24, 2.45) is 0 Å². The Morgan fingerprint density at radius 2 is 1.72 bits per heavy atom. The zero-order chi connectivity index (χ0) is 19.9. The van der Waals surface area contributed by atoms with E-state index >= 15 is 0 Å². The number of piperazine rings is 1. The van der Waals surface area contributed by atoms with Gasteiger partial charge in [0.25, 0.3) is 5.91 Å². The maximum atomic E-state index is 12.5. The van der Waals surface area contributed by atoms with Crippen LogP contribution < -0.4 is 10.2 Å². The van der Waals surface area contributed by atoms with E-state index in [1.165, 1.54) is 18.0 Å². The average molecular weight is 388 g/mol. The first-order valence-electron chi connectivity index (χ1n) is 9.82. The van der Waals surface area contributed by atoms with E-state index in [9.17, 15) is 4.79 Å². The summed E-state index contributed by atoms with van der Waals surface area (Å²) >= 11 is 0. The number of hydrogen-bond donors (Lipinski definition) is 1. The van der Waals surface area contributed by atoms with E-state index in [-0.39, 0.29) is 5.91 Å². The van der Waals surface area contributed by atoms with Crippen LogP contribution in [0.1, 0.15) is 16.1 Å². The molecule has 1 aliphatic rings. The molecule has 1 saturated heterocycles. The minimum Gasteiger partial charge on any atom is -0.367 e. The van der Waals surface area contributed by atoms with Crippen molar-refractivity contribution in [2.75, 3.05) is 42.9 Å². The summed E-state index contributed by atoms with van der Waals surface area (Å²) in [7, 11) is 0. The summed E-state index contributed by atoms with van der Waals surface area (Å²) in [5, 5.41) is 2.98. The van der Waals surface area contributed by atoms with Crippen molar-refractivity contribution >= 4 is 17.3 Å². The van der Waals surface area contributed by atoms with Crippen LogP contribution in [0.3, 0.4) is 0 Å². The van der Waals surface area contributed by atoms with Crippen molar-refractivity contribution in [3.8, 4) is 0 Å². The van der Waals surface area contributed by atoms with E-state index in [0.29, 0.717) is 5.69 Å². The van der Waals surface area contributed by atoms with Crippen LogP contribution >= 0.6 is 0 Å². The number of benzene rings is 1. The molecule has 0 saturated carbocycles. The number of para-hydroxylation sites is 2. The molecule has 3 heterocycles. The van der Waals surface area contributed by atoms with Gasteiger partial charge in [-0.15, -0.1) is 0 Å². The molecule has 0 atom stereocenters. The van der Waals surface area contributed by atoms with Crippen LogP contribution in [-0.4, -0.2) is 58.5 Å². The highest BCUT2D eigenvalue weighted by atomic mass is 16.1. The summed E-state index contributed by atoms with van der Waals surface area (Å²) in [5.74, 6) is -0.249. The summed E-state index contributed by atoms with van der Waals surface area (Å²) < 4.78 is 0. The van der Waals surface area contributed by atoms with E-state index < -0.39 is 0 Å². The van der Waals surface area contributed by atoms with Gasteiger partial charge in [0.2, 0.25) is 0 Å². The molecule has 29 heavy (non-hydrogen) atoms. The summed E-state index contributed by atoms with van der Waals surface area (Å²) in [6, 6.07) is 12.1. The second-order valence-electron chi connectivity index (χ2n) is 7.00. The van der Waals surface area contributed by atoms with Crippen LogP contribution in [0.25, 0.3) is 0 Å². The maximum Gasteiger partial charge on any atom is 0.275 e. The third-order valence-electron chi connectivity index (χ3n) is 5.13. The fraction of sp³-hybridized carbons (Fsp3) is 0.273. The standard InChI is InChI=1S/C22H24N6O/c29-22(20-17-24-10-11-25-20)26-19-3-1-2-4-21(19)28-15-13-27(14-16-28)12-7-18-5-8-23-9-6-18/h1-6,8-11,17H,7,12-16H2,(H,26,29). The van der Waals surface area contributed by atoms with Gasteiger partial charge >= 0.3 is 0 Å². The van der Waals surface area contributed by atoms with Crippen LogP contribution in [0.2, 0.25) is 0 Å². The van der Waals surface area contributed by atoms with Gasteiger partial charge in [0.05, 0.1) is 17.6 Å². The average Bonchev–Trinajstić information content (AvgIpc) is 2.80. The molecule has 1 aliphatic heterocycles. The van der Waals surface area contributed by atoms with Crippen molar-refractivity contribution in [1.82, 2.24) is 19.9 Å². The Bertz CT molecular complexity index is 926. The Hall–Kier alpha value is -3.32. The fourth-order valence-electron chi connectivity index (χ4n) is 3.51. The molecule has 2 aromatic heterocycles. The van der Waals surface area contributed by atoms with Crippen LogP contribution in [-0.2, 0) is 6.42 Å². The predicted octanol–water partition coefficient (Wildman–Crippen LogP) is 2.49. The monoisotopic (exact) mass is 388 g/mol. The van der Waals surface area contributed by atoms with Gasteiger partial charge in [0.15, 0.2) is 0 Å². The van der Waals surface area contributed by atoms with E-state index in [4.69, 9.17) is 0 Å². The normalized spacial score (nSPS) is 14.6. The second-order valence-corrected chi connectivity index (χ2v) is 7.00. The van der Waals surface area contributed by atoms with Crippen LogP contribution in [0, 0.1) is 0 Å². The van der Waals surface area contributed by atoms with Gasteiger partial charge in [0.1, 0.15) is 5.69 Å². The van der Waals surface area contributed by atoms with Gasteiger partial charge in [-0.2, -0.15) is 0 Å². The molecule has 3 aromatic rings. The van der Waals surface area contributed by atoms with E-state index in [1.54, 1.807) is 6.20 Å². The van der Waals surface area contributed by atoms with E-state index in [2.05, 4.69) is 48.3 Å². The number of aromatic nitrogens is 3. The minimum atomic E-state index is -0.249. The second kappa shape index (κ2) is 9.25. The van der Waals surface area contributed by atoms with E-state index in [1.807, 2.05) is 30.6 Å². The summed E-state index contributed by atoms with van der Waals surface area (Å²) in [4.78, 5) is 29.4. The van der Waals surface area contributed by atoms with Crippen molar-refractivity contribution < 1.29 is 4.79 Å². The summed E-state index contributed by atoms with van der Waals surface area (Å²) in [5.41, 5.74) is 3.47. The molecule has 0 radical (unpaired) electrons. The molecule has 0 bridgehead atoms. The molecule has 0 unspecified atom stereocenters. The summed E-state index contributed by atoms with van der Waals surface area (Å²) in [6.45, 7) is 4.89. The molecular formula is C22H24N6O. The number of anilines is 2. The van der Waals surface area contributed by atoms with Gasteiger partial charge in [-0.3, -0.25) is 19.7 Å². The van der Waals surface area contributed by atoms with Crippen molar-refractivity contribution in [1.29, 1.82) is 0 Å². The molecule has 0 aliphatic carbocycles. The molecular weight excluding hydrogens is 364 g/mol. The zero-order valence-electron chi connectivity index (χ0n) is 16.2. The molecule has 4 rings (SSSR count). The Kier molecular flexibility index (Phi) is 6.07. The van der Waals surface area contributed by atoms with Crippen LogP contribution in [0.5, 0.6) is 0 Å².